The van der Waals surface area contributed by atoms with Crippen molar-refractivity contribution < 1.29 is 19.4 Å². The maximum absolute atomic E-state index is 12.3. The van der Waals surface area contributed by atoms with E-state index < -0.39 is 12.0 Å². The molecule has 124 valence electrons. The molecular weight excluding hydrogens is 362 g/mol. The number of ether oxygens (including phenoxy) is 1. The smallest absolute Gasteiger partial charge is 0.330 e. The lowest BCUT2D eigenvalue weighted by Gasteiger charge is -2.19. The summed E-state index contributed by atoms with van der Waals surface area (Å²) in [6.07, 6.45) is 4.17. The van der Waals surface area contributed by atoms with E-state index in [1.807, 2.05) is 0 Å². The number of methoxy groups -OCH3 is 1. The van der Waals surface area contributed by atoms with Crippen LogP contribution in [0.1, 0.15) is 24.4 Å². The average Bonchev–Trinajstić information content (AvgIpc) is 2.51. The van der Waals surface area contributed by atoms with Crippen LogP contribution in [-0.2, 0) is 9.59 Å². The van der Waals surface area contributed by atoms with E-state index in [-0.39, 0.29) is 11.8 Å². The van der Waals surface area contributed by atoms with E-state index in [0.29, 0.717) is 28.6 Å². The van der Waals surface area contributed by atoms with Gasteiger partial charge < -0.3 is 15.2 Å². The Morgan fingerprint density at radius 2 is 1.96 bits per heavy atom. The van der Waals surface area contributed by atoms with Crippen LogP contribution in [0.5, 0.6) is 5.75 Å². The lowest BCUT2D eigenvalue weighted by atomic mass is 9.99. The van der Waals surface area contributed by atoms with Gasteiger partial charge in [-0.15, -0.1) is 13.2 Å². The third-order valence-electron chi connectivity index (χ3n) is 3.32. The fourth-order valence-electron chi connectivity index (χ4n) is 2.12. The van der Waals surface area contributed by atoms with Crippen LogP contribution >= 0.6 is 15.9 Å². The molecule has 1 aromatic rings. The van der Waals surface area contributed by atoms with Gasteiger partial charge in [-0.25, -0.2) is 4.79 Å². The molecule has 0 saturated carbocycles. The maximum Gasteiger partial charge on any atom is 0.330 e. The summed E-state index contributed by atoms with van der Waals surface area (Å²) in [4.78, 5) is 23.9. The first kappa shape index (κ1) is 19.0. The highest BCUT2D eigenvalue weighted by atomic mass is 79.9. The predicted octanol–water partition coefficient (Wildman–Crippen LogP) is 3.47. The summed E-state index contributed by atoms with van der Waals surface area (Å²) in [6, 6.07) is 3.74. The Bertz CT molecular complexity index is 590. The molecule has 2 N–H and O–H groups in total. The van der Waals surface area contributed by atoms with Crippen molar-refractivity contribution >= 4 is 27.8 Å². The third kappa shape index (κ3) is 5.25. The number of carboxylic acids is 1. The van der Waals surface area contributed by atoms with Gasteiger partial charge in [0.1, 0.15) is 5.75 Å². The fraction of sp³-hybridized carbons (Fsp3) is 0.294. The summed E-state index contributed by atoms with van der Waals surface area (Å²) < 4.78 is 5.74. The van der Waals surface area contributed by atoms with E-state index in [2.05, 4.69) is 34.4 Å². The number of carboxylic acid groups (broad SMARTS) is 1. The molecule has 0 heterocycles. The molecule has 23 heavy (non-hydrogen) atoms. The number of rotatable bonds is 9. The number of halogens is 1. The summed E-state index contributed by atoms with van der Waals surface area (Å²) in [5.41, 5.74) is 0.453. The summed E-state index contributed by atoms with van der Waals surface area (Å²) in [6.45, 7) is 7.24. The molecule has 0 bridgehead atoms. The van der Waals surface area contributed by atoms with Crippen molar-refractivity contribution in [2.75, 3.05) is 7.11 Å². The van der Waals surface area contributed by atoms with Crippen LogP contribution in [0.2, 0.25) is 0 Å². The molecule has 5 nitrogen and oxygen atoms in total. The standard InChI is InChI=1S/C17H20BrNO4/c1-4-6-11(7-5-2)16(20)19-15(17(21)22)12-8-9-14(23-3)13(18)10-12/h4-5,8-11,15H,1-2,6-7H2,3H3,(H,19,20)(H,21,22). The molecule has 0 aliphatic rings. The third-order valence-corrected chi connectivity index (χ3v) is 3.94. The Morgan fingerprint density at radius 3 is 2.39 bits per heavy atom. The van der Waals surface area contributed by atoms with Gasteiger partial charge in [-0.3, -0.25) is 4.79 Å². The average molecular weight is 382 g/mol. The summed E-state index contributed by atoms with van der Waals surface area (Å²) in [7, 11) is 1.52. The van der Waals surface area contributed by atoms with Gasteiger partial charge in [0.05, 0.1) is 11.6 Å². The largest absolute Gasteiger partial charge is 0.496 e. The molecule has 0 aliphatic carbocycles. The first-order valence-corrected chi connectivity index (χ1v) is 7.82. The normalized spacial score (nSPS) is 11.6. The van der Waals surface area contributed by atoms with E-state index in [4.69, 9.17) is 4.74 Å². The molecule has 0 saturated heterocycles. The van der Waals surface area contributed by atoms with Crippen LogP contribution < -0.4 is 10.1 Å². The molecule has 1 amide bonds. The van der Waals surface area contributed by atoms with Gasteiger partial charge in [0.25, 0.3) is 0 Å². The molecule has 6 heteroatoms. The number of allylic oxidation sites excluding steroid dienone is 2. The number of carbonyl (C=O) groups excluding carboxylic acids is 1. The van der Waals surface area contributed by atoms with Gasteiger partial charge in [0, 0.05) is 5.92 Å². The molecule has 1 aromatic carbocycles. The fourth-order valence-corrected chi connectivity index (χ4v) is 2.68. The van der Waals surface area contributed by atoms with Crippen molar-refractivity contribution in [3.05, 3.63) is 53.5 Å². The van der Waals surface area contributed by atoms with Crippen LogP contribution in [-0.4, -0.2) is 24.1 Å². The molecule has 1 atom stereocenters. The highest BCUT2D eigenvalue weighted by Crippen LogP contribution is 2.28. The van der Waals surface area contributed by atoms with Crippen molar-refractivity contribution in [1.82, 2.24) is 5.32 Å². The Kier molecular flexibility index (Phi) is 7.54. The highest BCUT2D eigenvalue weighted by molar-refractivity contribution is 9.10. The molecule has 1 rings (SSSR count). The number of hydrogen-bond acceptors (Lipinski definition) is 3. The van der Waals surface area contributed by atoms with E-state index >= 15 is 0 Å². The minimum atomic E-state index is -1.14. The second-order valence-electron chi connectivity index (χ2n) is 4.92. The Hall–Kier alpha value is -2.08. The van der Waals surface area contributed by atoms with Crippen LogP contribution in [0.25, 0.3) is 0 Å². The molecule has 0 aromatic heterocycles. The summed E-state index contributed by atoms with van der Waals surface area (Å²) in [5, 5.41) is 12.0. The quantitative estimate of drug-likeness (QED) is 0.642. The molecule has 0 fully saturated rings. The van der Waals surface area contributed by atoms with Gasteiger partial charge in [0.2, 0.25) is 5.91 Å². The lowest BCUT2D eigenvalue weighted by molar-refractivity contribution is -0.142. The highest BCUT2D eigenvalue weighted by Gasteiger charge is 2.26. The number of hydrogen-bond donors (Lipinski definition) is 2. The van der Waals surface area contributed by atoms with Crippen LogP contribution in [0, 0.1) is 5.92 Å². The second-order valence-corrected chi connectivity index (χ2v) is 5.77. The Balaban J connectivity index is 3.00. The Labute approximate surface area is 144 Å². The first-order valence-electron chi connectivity index (χ1n) is 7.03. The number of amides is 1. The minimum Gasteiger partial charge on any atom is -0.496 e. The molecule has 0 radical (unpaired) electrons. The van der Waals surface area contributed by atoms with E-state index in [9.17, 15) is 14.7 Å². The summed E-state index contributed by atoms with van der Waals surface area (Å²) >= 11 is 3.31. The van der Waals surface area contributed by atoms with Gasteiger partial charge in [-0.05, 0) is 46.5 Å². The minimum absolute atomic E-state index is 0.343. The van der Waals surface area contributed by atoms with E-state index in [1.165, 1.54) is 7.11 Å². The van der Waals surface area contributed by atoms with Gasteiger partial charge in [-0.2, -0.15) is 0 Å². The topological polar surface area (TPSA) is 75.6 Å². The maximum atomic E-state index is 12.3. The second kappa shape index (κ2) is 9.15. The number of benzene rings is 1. The molecule has 0 spiro atoms. The Morgan fingerprint density at radius 1 is 1.35 bits per heavy atom. The molecule has 0 aliphatic heterocycles. The molecule has 1 unspecified atom stereocenters. The summed E-state index contributed by atoms with van der Waals surface area (Å²) in [5.74, 6) is -1.27. The van der Waals surface area contributed by atoms with E-state index in [0.717, 1.165) is 0 Å². The number of aliphatic carboxylic acids is 1. The predicted molar refractivity (Wildman–Crippen MR) is 92.3 cm³/mol. The van der Waals surface area contributed by atoms with Gasteiger partial charge >= 0.3 is 5.97 Å². The van der Waals surface area contributed by atoms with Crippen LogP contribution in [0.3, 0.4) is 0 Å². The lowest BCUT2D eigenvalue weighted by Crippen LogP contribution is -2.37. The van der Waals surface area contributed by atoms with Gasteiger partial charge in [-0.1, -0.05) is 18.2 Å². The zero-order valence-corrected chi connectivity index (χ0v) is 14.5. The zero-order chi connectivity index (χ0) is 17.4. The SMILES string of the molecule is C=CCC(CC=C)C(=O)NC(C(=O)O)c1ccc(OC)c(Br)c1. The number of nitrogens with one attached hydrogen (secondary N) is 1. The van der Waals surface area contributed by atoms with Crippen LogP contribution in [0.15, 0.2) is 48.0 Å². The van der Waals surface area contributed by atoms with Crippen molar-refractivity contribution in [2.45, 2.75) is 18.9 Å². The van der Waals surface area contributed by atoms with Crippen LogP contribution in [0.4, 0.5) is 0 Å². The number of carbonyl (C=O) groups is 2. The first-order chi connectivity index (χ1) is 10.9. The molecular formula is C17H20BrNO4. The van der Waals surface area contributed by atoms with Crippen molar-refractivity contribution in [3.8, 4) is 5.75 Å². The van der Waals surface area contributed by atoms with Crippen molar-refractivity contribution in [3.63, 3.8) is 0 Å². The van der Waals surface area contributed by atoms with Gasteiger partial charge in [0.15, 0.2) is 6.04 Å². The zero-order valence-electron chi connectivity index (χ0n) is 12.9. The monoisotopic (exact) mass is 381 g/mol. The van der Waals surface area contributed by atoms with Crippen molar-refractivity contribution in [1.29, 1.82) is 0 Å². The van der Waals surface area contributed by atoms with E-state index in [1.54, 1.807) is 30.4 Å². The van der Waals surface area contributed by atoms with Crippen molar-refractivity contribution in [2.24, 2.45) is 5.92 Å².